The lowest BCUT2D eigenvalue weighted by Gasteiger charge is -2.29. The molecule has 0 spiro atoms. The molecule has 0 saturated heterocycles. The molecule has 1 unspecified atom stereocenters. The molecule has 0 bridgehead atoms. The van der Waals surface area contributed by atoms with E-state index >= 15 is 0 Å². The molecule has 0 aromatic heterocycles. The zero-order valence-corrected chi connectivity index (χ0v) is 20.0. The van der Waals surface area contributed by atoms with Gasteiger partial charge in [-0.15, -0.1) is 0 Å². The number of nitrogens with zero attached hydrogens (tertiary/aromatic N) is 1. The SMILES string of the molecule is CCCNC(=O)C(C)N(Cc1ccc(Br)cc1)C(=O)COc1cc(C)cc(C)c1C. The van der Waals surface area contributed by atoms with E-state index in [1.165, 1.54) is 0 Å². The Balaban J connectivity index is 2.18. The molecule has 6 heteroatoms. The highest BCUT2D eigenvalue weighted by molar-refractivity contribution is 9.10. The van der Waals surface area contributed by atoms with Crippen molar-refractivity contribution in [3.63, 3.8) is 0 Å². The maximum Gasteiger partial charge on any atom is 0.261 e. The highest BCUT2D eigenvalue weighted by atomic mass is 79.9. The van der Waals surface area contributed by atoms with Crippen LogP contribution in [0.4, 0.5) is 0 Å². The van der Waals surface area contributed by atoms with E-state index in [9.17, 15) is 9.59 Å². The summed E-state index contributed by atoms with van der Waals surface area (Å²) in [7, 11) is 0. The van der Waals surface area contributed by atoms with Gasteiger partial charge in [0.1, 0.15) is 11.8 Å². The molecule has 1 atom stereocenters. The van der Waals surface area contributed by atoms with Crippen molar-refractivity contribution in [1.82, 2.24) is 10.2 Å². The second-order valence-electron chi connectivity index (χ2n) is 7.61. The maximum atomic E-state index is 13.1. The molecule has 30 heavy (non-hydrogen) atoms. The molecule has 2 aromatic carbocycles. The van der Waals surface area contributed by atoms with Crippen LogP contribution in [0.25, 0.3) is 0 Å². The fraction of sp³-hybridized carbons (Fsp3) is 0.417. The third-order valence-corrected chi connectivity index (χ3v) is 5.63. The van der Waals surface area contributed by atoms with Crippen LogP contribution in [0.3, 0.4) is 0 Å². The van der Waals surface area contributed by atoms with Crippen molar-refractivity contribution in [2.24, 2.45) is 0 Å². The monoisotopic (exact) mass is 474 g/mol. The molecule has 0 heterocycles. The number of benzene rings is 2. The van der Waals surface area contributed by atoms with Crippen molar-refractivity contribution in [1.29, 1.82) is 0 Å². The molecule has 5 nitrogen and oxygen atoms in total. The second-order valence-corrected chi connectivity index (χ2v) is 8.52. The van der Waals surface area contributed by atoms with Crippen LogP contribution in [0.5, 0.6) is 5.75 Å². The number of ether oxygens (including phenoxy) is 1. The Hall–Kier alpha value is -2.34. The highest BCUT2D eigenvalue weighted by Crippen LogP contribution is 2.23. The van der Waals surface area contributed by atoms with Crippen molar-refractivity contribution in [2.75, 3.05) is 13.2 Å². The first-order chi connectivity index (χ1) is 14.2. The molecule has 0 aliphatic rings. The Morgan fingerprint density at radius 3 is 2.43 bits per heavy atom. The first-order valence-corrected chi connectivity index (χ1v) is 11.0. The molecule has 0 aliphatic carbocycles. The number of nitrogens with one attached hydrogen (secondary N) is 1. The van der Waals surface area contributed by atoms with Crippen LogP contribution < -0.4 is 10.1 Å². The van der Waals surface area contributed by atoms with Crippen molar-refractivity contribution < 1.29 is 14.3 Å². The van der Waals surface area contributed by atoms with Gasteiger partial charge in [-0.2, -0.15) is 0 Å². The number of hydrogen-bond donors (Lipinski definition) is 1. The van der Waals surface area contributed by atoms with Gasteiger partial charge in [-0.1, -0.05) is 41.1 Å². The predicted molar refractivity (Wildman–Crippen MR) is 124 cm³/mol. The van der Waals surface area contributed by atoms with Gasteiger partial charge >= 0.3 is 0 Å². The molecule has 0 aliphatic heterocycles. The molecule has 2 amide bonds. The zero-order chi connectivity index (χ0) is 22.3. The van der Waals surface area contributed by atoms with Gasteiger partial charge in [-0.25, -0.2) is 0 Å². The first kappa shape index (κ1) is 23.9. The maximum absolute atomic E-state index is 13.1. The van der Waals surface area contributed by atoms with Gasteiger partial charge in [0.05, 0.1) is 0 Å². The first-order valence-electron chi connectivity index (χ1n) is 10.2. The van der Waals surface area contributed by atoms with E-state index in [-0.39, 0.29) is 18.4 Å². The van der Waals surface area contributed by atoms with Crippen LogP contribution in [0.15, 0.2) is 40.9 Å². The third-order valence-electron chi connectivity index (χ3n) is 5.10. The van der Waals surface area contributed by atoms with Crippen molar-refractivity contribution >= 4 is 27.7 Å². The summed E-state index contributed by atoms with van der Waals surface area (Å²) in [4.78, 5) is 27.2. The Morgan fingerprint density at radius 1 is 1.13 bits per heavy atom. The lowest BCUT2D eigenvalue weighted by atomic mass is 10.1. The molecule has 0 radical (unpaired) electrons. The minimum Gasteiger partial charge on any atom is -0.483 e. The van der Waals surface area contributed by atoms with Gasteiger partial charge in [0.25, 0.3) is 5.91 Å². The number of carbonyl (C=O) groups excluding carboxylic acids is 2. The van der Waals surface area contributed by atoms with Crippen LogP contribution in [0.1, 0.15) is 42.5 Å². The van der Waals surface area contributed by atoms with E-state index in [1.807, 2.05) is 58.0 Å². The minimum absolute atomic E-state index is 0.119. The summed E-state index contributed by atoms with van der Waals surface area (Å²) in [6.07, 6.45) is 0.841. The predicted octanol–water partition coefficient (Wildman–Crippen LogP) is 4.70. The van der Waals surface area contributed by atoms with Gasteiger partial charge in [0, 0.05) is 17.6 Å². The lowest BCUT2D eigenvalue weighted by Crippen LogP contribution is -2.49. The summed E-state index contributed by atoms with van der Waals surface area (Å²) in [6, 6.07) is 11.2. The zero-order valence-electron chi connectivity index (χ0n) is 18.4. The third kappa shape index (κ3) is 6.59. The van der Waals surface area contributed by atoms with Crippen LogP contribution >= 0.6 is 15.9 Å². The van der Waals surface area contributed by atoms with Crippen LogP contribution in [-0.4, -0.2) is 35.9 Å². The van der Waals surface area contributed by atoms with Crippen molar-refractivity contribution in [3.8, 4) is 5.75 Å². The molecule has 0 fully saturated rings. The standard InChI is InChI=1S/C24H31BrN2O3/c1-6-11-26-24(29)19(5)27(14-20-7-9-21(25)10-8-20)23(28)15-30-22-13-16(2)12-17(3)18(22)4/h7-10,12-13,19H,6,11,14-15H2,1-5H3,(H,26,29). The molecule has 0 saturated carbocycles. The largest absolute Gasteiger partial charge is 0.483 e. The van der Waals surface area contributed by atoms with E-state index in [4.69, 9.17) is 4.74 Å². The lowest BCUT2D eigenvalue weighted by molar-refractivity contribution is -0.142. The molecule has 1 N–H and O–H groups in total. The fourth-order valence-corrected chi connectivity index (χ4v) is 3.40. The summed E-state index contributed by atoms with van der Waals surface area (Å²) in [5.41, 5.74) is 4.17. The summed E-state index contributed by atoms with van der Waals surface area (Å²) in [5.74, 6) is 0.313. The van der Waals surface area contributed by atoms with E-state index in [0.717, 1.165) is 33.1 Å². The molecule has 162 valence electrons. The number of hydrogen-bond acceptors (Lipinski definition) is 3. The normalized spacial score (nSPS) is 11.7. The Bertz CT molecular complexity index is 881. The average molecular weight is 475 g/mol. The minimum atomic E-state index is -0.600. The van der Waals surface area contributed by atoms with Gasteiger partial charge in [0.2, 0.25) is 5.91 Å². The van der Waals surface area contributed by atoms with Crippen LogP contribution in [-0.2, 0) is 16.1 Å². The number of carbonyl (C=O) groups is 2. The summed E-state index contributed by atoms with van der Waals surface area (Å²) >= 11 is 3.43. The van der Waals surface area contributed by atoms with E-state index < -0.39 is 6.04 Å². The topological polar surface area (TPSA) is 58.6 Å². The van der Waals surface area contributed by atoms with E-state index in [0.29, 0.717) is 18.8 Å². The molecule has 2 aromatic rings. The highest BCUT2D eigenvalue weighted by Gasteiger charge is 2.26. The van der Waals surface area contributed by atoms with Crippen LogP contribution in [0, 0.1) is 20.8 Å². The average Bonchev–Trinajstić information content (AvgIpc) is 2.72. The quantitative estimate of drug-likeness (QED) is 0.572. The number of rotatable bonds is 9. The summed E-state index contributed by atoms with van der Waals surface area (Å²) in [5, 5.41) is 2.88. The Labute approximate surface area is 187 Å². The van der Waals surface area contributed by atoms with Crippen molar-refractivity contribution in [2.45, 2.75) is 53.6 Å². The second kappa shape index (κ2) is 11.2. The molecular formula is C24H31BrN2O3. The Kier molecular flexibility index (Phi) is 8.90. The Morgan fingerprint density at radius 2 is 1.80 bits per heavy atom. The number of halogens is 1. The van der Waals surface area contributed by atoms with Crippen molar-refractivity contribution in [3.05, 3.63) is 63.1 Å². The number of aryl methyl sites for hydroxylation is 2. The molecular weight excluding hydrogens is 444 g/mol. The van der Waals surface area contributed by atoms with Gasteiger partial charge < -0.3 is 15.0 Å². The van der Waals surface area contributed by atoms with Gasteiger partial charge in [-0.3, -0.25) is 9.59 Å². The van der Waals surface area contributed by atoms with Crippen LogP contribution in [0.2, 0.25) is 0 Å². The molecule has 2 rings (SSSR count). The summed E-state index contributed by atoms with van der Waals surface area (Å²) in [6.45, 7) is 10.6. The fourth-order valence-electron chi connectivity index (χ4n) is 3.14. The number of amides is 2. The van der Waals surface area contributed by atoms with Gasteiger partial charge in [0.15, 0.2) is 6.61 Å². The summed E-state index contributed by atoms with van der Waals surface area (Å²) < 4.78 is 6.84. The van der Waals surface area contributed by atoms with Gasteiger partial charge in [-0.05, 0) is 74.6 Å². The van der Waals surface area contributed by atoms with E-state index in [2.05, 4.69) is 27.3 Å². The van der Waals surface area contributed by atoms with E-state index in [1.54, 1.807) is 11.8 Å². The smallest absolute Gasteiger partial charge is 0.261 e.